The second-order valence-electron chi connectivity index (χ2n) is 5.03. The molecule has 4 nitrogen and oxygen atoms in total. The number of hydrogen-bond acceptors (Lipinski definition) is 3. The van der Waals surface area contributed by atoms with Gasteiger partial charge in [-0.1, -0.05) is 24.3 Å². The molecule has 1 rings (SSSR count). The Morgan fingerprint density at radius 1 is 1.25 bits per heavy atom. The Labute approximate surface area is 118 Å². The van der Waals surface area contributed by atoms with E-state index < -0.39 is 5.92 Å². The summed E-state index contributed by atoms with van der Waals surface area (Å²) in [5.41, 5.74) is 7.64. The van der Waals surface area contributed by atoms with Crippen LogP contribution >= 0.6 is 0 Å². The number of hydrogen-bond donors (Lipinski definition) is 2. The number of amidine groups is 1. The molecule has 0 radical (unpaired) electrons. The van der Waals surface area contributed by atoms with Crippen molar-refractivity contribution in [1.29, 1.82) is 0 Å². The largest absolute Gasteiger partial charge is 0.382 e. The van der Waals surface area contributed by atoms with Gasteiger partial charge in [0, 0.05) is 19.0 Å². The molecule has 112 valence electrons. The monoisotopic (exact) mass is 284 g/mol. The first-order valence-corrected chi connectivity index (χ1v) is 6.57. The van der Waals surface area contributed by atoms with Crippen molar-refractivity contribution in [2.45, 2.75) is 38.5 Å². The summed E-state index contributed by atoms with van der Waals surface area (Å²) in [5, 5.41) is 5.05. The molecule has 0 aliphatic heterocycles. The molecule has 0 heterocycles. The van der Waals surface area contributed by atoms with Gasteiger partial charge >= 0.3 is 0 Å². The van der Waals surface area contributed by atoms with Crippen LogP contribution in [0.1, 0.15) is 37.3 Å². The lowest BCUT2D eigenvalue weighted by Crippen LogP contribution is -2.25. The van der Waals surface area contributed by atoms with Crippen LogP contribution in [0.5, 0.6) is 0 Å². The normalized spacial score (nSPS) is 12.6. The van der Waals surface area contributed by atoms with E-state index >= 15 is 0 Å². The molecule has 0 spiro atoms. The average molecular weight is 284 g/mol. The van der Waals surface area contributed by atoms with E-state index in [0.717, 1.165) is 36.0 Å². The van der Waals surface area contributed by atoms with Gasteiger partial charge in [0.15, 0.2) is 5.84 Å². The maximum absolute atomic E-state index is 12.7. The summed E-state index contributed by atoms with van der Waals surface area (Å²) in [5.74, 6) is 3.15. The Kier molecular flexibility index (Phi) is 5.88. The number of aryl methyl sites for hydroxylation is 1. The number of rotatable bonds is 7. The molecule has 1 aromatic carbocycles. The molecular weight excluding hydrogens is 262 g/mol. The lowest BCUT2D eigenvalue weighted by Gasteiger charge is -2.10. The lowest BCUT2D eigenvalue weighted by atomic mass is 10.0. The molecular formula is C14H22F2N4. The molecule has 6 heteroatoms. The van der Waals surface area contributed by atoms with Crippen molar-refractivity contribution >= 4 is 5.84 Å². The van der Waals surface area contributed by atoms with E-state index in [1.807, 2.05) is 24.3 Å². The number of nitrogens with two attached hydrogens (primary N) is 2. The average Bonchev–Trinajstić information content (AvgIpc) is 2.33. The zero-order valence-electron chi connectivity index (χ0n) is 11.9. The molecule has 0 amide bonds. The minimum atomic E-state index is -2.57. The molecule has 0 atom stereocenters. The third-order valence-corrected chi connectivity index (χ3v) is 2.85. The molecule has 0 unspecified atom stereocenters. The third kappa shape index (κ3) is 6.47. The number of unbranched alkanes of at least 4 members (excludes halogenated alkanes) is 1. The number of halogens is 2. The highest BCUT2D eigenvalue weighted by Gasteiger charge is 2.19. The van der Waals surface area contributed by atoms with Crippen LogP contribution in [0.4, 0.5) is 8.78 Å². The Hall–Kier alpha value is -1.69. The van der Waals surface area contributed by atoms with Crippen molar-refractivity contribution in [3.05, 3.63) is 35.4 Å². The molecule has 0 aromatic heterocycles. The van der Waals surface area contributed by atoms with Crippen LogP contribution < -0.4 is 11.6 Å². The van der Waals surface area contributed by atoms with E-state index in [-0.39, 0.29) is 6.42 Å². The minimum absolute atomic E-state index is 0.0620. The predicted octanol–water partition coefficient (Wildman–Crippen LogP) is 2.48. The van der Waals surface area contributed by atoms with Crippen molar-refractivity contribution < 1.29 is 8.78 Å². The van der Waals surface area contributed by atoms with Gasteiger partial charge in [0.05, 0.1) is 0 Å². The number of alkyl halides is 2. The molecule has 0 aliphatic carbocycles. The first-order chi connectivity index (χ1) is 9.28. The van der Waals surface area contributed by atoms with E-state index in [1.54, 1.807) is 7.05 Å². The fraction of sp³-hybridized carbons (Fsp3) is 0.500. The van der Waals surface area contributed by atoms with E-state index in [1.165, 1.54) is 0 Å². The van der Waals surface area contributed by atoms with Crippen molar-refractivity contribution in [1.82, 2.24) is 5.12 Å². The molecule has 4 N–H and O–H groups in total. The van der Waals surface area contributed by atoms with Gasteiger partial charge in [-0.3, -0.25) is 0 Å². The second kappa shape index (κ2) is 7.19. The number of hydrazine groups is 1. The summed E-state index contributed by atoms with van der Waals surface area (Å²) in [6.45, 7) is 0.957. The summed E-state index contributed by atoms with van der Waals surface area (Å²) in [4.78, 5) is 0. The summed E-state index contributed by atoms with van der Waals surface area (Å²) in [7, 11) is 1.59. The highest BCUT2D eigenvalue weighted by molar-refractivity contribution is 5.97. The van der Waals surface area contributed by atoms with E-state index in [9.17, 15) is 8.78 Å². The minimum Gasteiger partial charge on any atom is -0.382 e. The van der Waals surface area contributed by atoms with Gasteiger partial charge in [-0.2, -0.15) is 0 Å². The summed E-state index contributed by atoms with van der Waals surface area (Å²) in [6.07, 6.45) is 1.99. The van der Waals surface area contributed by atoms with Crippen molar-refractivity contribution in [2.24, 2.45) is 16.7 Å². The fourth-order valence-corrected chi connectivity index (χ4v) is 1.83. The Bertz CT molecular complexity index is 435. The van der Waals surface area contributed by atoms with Gasteiger partial charge in [-0.15, -0.1) is 5.10 Å². The third-order valence-electron chi connectivity index (χ3n) is 2.85. The van der Waals surface area contributed by atoms with Crippen molar-refractivity contribution in [2.75, 3.05) is 7.05 Å². The summed E-state index contributed by atoms with van der Waals surface area (Å²) >= 11 is 0. The lowest BCUT2D eigenvalue weighted by molar-refractivity contribution is 0.0105. The van der Waals surface area contributed by atoms with Gasteiger partial charge in [-0.25, -0.2) is 19.7 Å². The van der Waals surface area contributed by atoms with E-state index in [4.69, 9.17) is 11.6 Å². The molecule has 0 aliphatic rings. The van der Waals surface area contributed by atoms with E-state index in [0.29, 0.717) is 12.3 Å². The van der Waals surface area contributed by atoms with Crippen molar-refractivity contribution in [3.8, 4) is 0 Å². The van der Waals surface area contributed by atoms with Crippen LogP contribution in [-0.4, -0.2) is 23.9 Å². The predicted molar refractivity (Wildman–Crippen MR) is 77.3 cm³/mol. The topological polar surface area (TPSA) is 67.6 Å². The standard InChI is InChI=1S/C14H22F2N4/c1-14(15,16)10-4-3-5-11-6-8-12(9-7-11)13(17)19-20(2)18/h6-9H,3-5,10,18H2,1-2H3,(H2,17,19). The molecule has 0 saturated heterocycles. The van der Waals surface area contributed by atoms with Gasteiger partial charge < -0.3 is 5.73 Å². The number of hydrazone groups is 1. The van der Waals surface area contributed by atoms with Crippen molar-refractivity contribution in [3.63, 3.8) is 0 Å². The van der Waals surface area contributed by atoms with Crippen LogP contribution in [-0.2, 0) is 6.42 Å². The second-order valence-corrected chi connectivity index (χ2v) is 5.03. The Morgan fingerprint density at radius 3 is 2.35 bits per heavy atom. The van der Waals surface area contributed by atoms with Gasteiger partial charge in [-0.05, 0) is 31.7 Å². The quantitative estimate of drug-likeness (QED) is 0.266. The molecule has 0 bridgehead atoms. The molecule has 20 heavy (non-hydrogen) atoms. The number of nitrogens with zero attached hydrogens (tertiary/aromatic N) is 2. The van der Waals surface area contributed by atoms with E-state index in [2.05, 4.69) is 5.10 Å². The van der Waals surface area contributed by atoms with Crippen LogP contribution in [0.2, 0.25) is 0 Å². The highest BCUT2D eigenvalue weighted by atomic mass is 19.3. The van der Waals surface area contributed by atoms with Crippen LogP contribution in [0.15, 0.2) is 29.4 Å². The smallest absolute Gasteiger partial charge is 0.245 e. The van der Waals surface area contributed by atoms with Crippen LogP contribution in [0, 0.1) is 0 Å². The zero-order chi connectivity index (χ0) is 15.2. The molecule has 0 saturated carbocycles. The van der Waals surface area contributed by atoms with Crippen LogP contribution in [0.25, 0.3) is 0 Å². The summed E-state index contributed by atoms with van der Waals surface area (Å²) in [6, 6.07) is 7.56. The summed E-state index contributed by atoms with van der Waals surface area (Å²) < 4.78 is 25.3. The van der Waals surface area contributed by atoms with Gasteiger partial charge in [0.25, 0.3) is 0 Å². The first-order valence-electron chi connectivity index (χ1n) is 6.57. The first kappa shape index (κ1) is 16.4. The van der Waals surface area contributed by atoms with Gasteiger partial charge in [0.2, 0.25) is 5.92 Å². The van der Waals surface area contributed by atoms with Gasteiger partial charge in [0.1, 0.15) is 0 Å². The fourth-order valence-electron chi connectivity index (χ4n) is 1.83. The maximum Gasteiger partial charge on any atom is 0.245 e. The highest BCUT2D eigenvalue weighted by Crippen LogP contribution is 2.20. The SMILES string of the molecule is CN(N)/N=C(\N)c1ccc(CCCCC(C)(F)F)cc1. The molecule has 1 aromatic rings. The molecule has 0 fully saturated rings. The Balaban J connectivity index is 2.47. The zero-order valence-corrected chi connectivity index (χ0v) is 11.9. The number of benzene rings is 1. The maximum atomic E-state index is 12.7. The van der Waals surface area contributed by atoms with Crippen LogP contribution in [0.3, 0.4) is 0 Å². The Morgan fingerprint density at radius 2 is 1.85 bits per heavy atom.